The van der Waals surface area contributed by atoms with Gasteiger partial charge in [-0.3, -0.25) is 0 Å². The number of ether oxygens (including phenoxy) is 1. The Morgan fingerprint density at radius 2 is 1.94 bits per heavy atom. The van der Waals surface area contributed by atoms with Gasteiger partial charge in [-0.1, -0.05) is 0 Å². The lowest BCUT2D eigenvalue weighted by Gasteiger charge is -2.30. The molecular formula is C12H23NO3. The predicted octanol–water partition coefficient (Wildman–Crippen LogP) is 2.16. The smallest absolute Gasteiger partial charge is 0.410 e. The molecule has 1 aliphatic heterocycles. The topological polar surface area (TPSA) is 49.8 Å². The minimum Gasteiger partial charge on any atom is -0.444 e. The number of hydrogen-bond acceptors (Lipinski definition) is 3. The van der Waals surface area contributed by atoms with Crippen molar-refractivity contribution in [2.45, 2.75) is 64.7 Å². The Morgan fingerprint density at radius 3 is 2.50 bits per heavy atom. The molecule has 16 heavy (non-hydrogen) atoms. The minimum absolute atomic E-state index is 0.145. The normalized spacial score (nSPS) is 27.4. The summed E-state index contributed by atoms with van der Waals surface area (Å²) >= 11 is 0. The van der Waals surface area contributed by atoms with Gasteiger partial charge in [-0.25, -0.2) is 4.79 Å². The molecule has 1 heterocycles. The third-order valence-corrected chi connectivity index (χ3v) is 2.78. The standard InChI is InChI=1S/C12H23NO3/c1-9-5-6-10(14)7-8-13(9)11(15)16-12(2,3)4/h9-10,14H,5-8H2,1-4H3/t9-,10-/m1/s1. The lowest BCUT2D eigenvalue weighted by atomic mass is 10.1. The summed E-state index contributed by atoms with van der Waals surface area (Å²) in [6, 6.07) is 0.145. The van der Waals surface area contributed by atoms with E-state index in [1.807, 2.05) is 27.7 Å². The fourth-order valence-electron chi connectivity index (χ4n) is 1.83. The first-order valence-corrected chi connectivity index (χ1v) is 5.97. The Balaban J connectivity index is 2.60. The maximum atomic E-state index is 11.9. The van der Waals surface area contributed by atoms with Crippen LogP contribution in [0.3, 0.4) is 0 Å². The lowest BCUT2D eigenvalue weighted by molar-refractivity contribution is 0.0178. The summed E-state index contributed by atoms with van der Waals surface area (Å²) in [7, 11) is 0. The van der Waals surface area contributed by atoms with Gasteiger partial charge in [-0.15, -0.1) is 0 Å². The summed E-state index contributed by atoms with van der Waals surface area (Å²) in [5.74, 6) is 0. The zero-order valence-corrected chi connectivity index (χ0v) is 10.7. The highest BCUT2D eigenvalue weighted by Crippen LogP contribution is 2.19. The van der Waals surface area contributed by atoms with Crippen molar-refractivity contribution >= 4 is 6.09 Å². The number of nitrogens with zero attached hydrogens (tertiary/aromatic N) is 1. The molecule has 0 bridgehead atoms. The quantitative estimate of drug-likeness (QED) is 0.692. The highest BCUT2D eigenvalue weighted by atomic mass is 16.6. The number of rotatable bonds is 0. The fourth-order valence-corrected chi connectivity index (χ4v) is 1.83. The van der Waals surface area contributed by atoms with Crippen molar-refractivity contribution in [3.63, 3.8) is 0 Å². The second-order valence-electron chi connectivity index (χ2n) is 5.54. The average Bonchev–Trinajstić information content (AvgIpc) is 2.26. The van der Waals surface area contributed by atoms with Gasteiger partial charge in [-0.2, -0.15) is 0 Å². The maximum absolute atomic E-state index is 11.9. The molecule has 0 aromatic rings. The average molecular weight is 229 g/mol. The van der Waals surface area contributed by atoms with Crippen LogP contribution in [0.1, 0.15) is 47.0 Å². The largest absolute Gasteiger partial charge is 0.444 e. The molecule has 0 aromatic heterocycles. The van der Waals surface area contributed by atoms with E-state index in [9.17, 15) is 9.90 Å². The van der Waals surface area contributed by atoms with Crippen molar-refractivity contribution in [3.05, 3.63) is 0 Å². The van der Waals surface area contributed by atoms with Crippen LogP contribution in [0.25, 0.3) is 0 Å². The molecule has 94 valence electrons. The SMILES string of the molecule is C[C@@H]1CC[C@@H](O)CCN1C(=O)OC(C)(C)C. The first-order valence-electron chi connectivity index (χ1n) is 5.97. The van der Waals surface area contributed by atoms with E-state index in [4.69, 9.17) is 4.74 Å². The van der Waals surface area contributed by atoms with Gasteiger partial charge in [0.1, 0.15) is 5.60 Å². The Kier molecular flexibility index (Phi) is 4.19. The van der Waals surface area contributed by atoms with E-state index in [-0.39, 0.29) is 18.2 Å². The lowest BCUT2D eigenvalue weighted by Crippen LogP contribution is -2.41. The molecule has 1 fully saturated rings. The van der Waals surface area contributed by atoms with E-state index in [0.717, 1.165) is 12.8 Å². The first kappa shape index (κ1) is 13.3. The summed E-state index contributed by atoms with van der Waals surface area (Å²) in [6.07, 6.45) is 1.69. The van der Waals surface area contributed by atoms with Crippen LogP contribution in [0.4, 0.5) is 4.79 Å². The summed E-state index contributed by atoms with van der Waals surface area (Å²) in [5.41, 5.74) is -0.457. The van der Waals surface area contributed by atoms with Gasteiger partial charge in [-0.05, 0) is 47.0 Å². The van der Waals surface area contributed by atoms with Crippen LogP contribution in [0.15, 0.2) is 0 Å². The Morgan fingerprint density at radius 1 is 1.31 bits per heavy atom. The number of aliphatic hydroxyl groups excluding tert-OH is 1. The third kappa shape index (κ3) is 4.00. The van der Waals surface area contributed by atoms with E-state index in [1.165, 1.54) is 0 Å². The van der Waals surface area contributed by atoms with E-state index >= 15 is 0 Å². The van der Waals surface area contributed by atoms with Gasteiger partial charge in [0.2, 0.25) is 0 Å². The van der Waals surface area contributed by atoms with Crippen molar-refractivity contribution in [1.82, 2.24) is 4.90 Å². The fraction of sp³-hybridized carbons (Fsp3) is 0.917. The molecule has 2 atom stereocenters. The number of carbonyl (C=O) groups excluding carboxylic acids is 1. The zero-order chi connectivity index (χ0) is 12.3. The van der Waals surface area contributed by atoms with Crippen LogP contribution in [-0.4, -0.2) is 40.4 Å². The molecule has 0 unspecified atom stereocenters. The summed E-state index contributed by atoms with van der Waals surface area (Å²) in [5, 5.41) is 9.56. The summed E-state index contributed by atoms with van der Waals surface area (Å²) in [6.45, 7) is 8.17. The van der Waals surface area contributed by atoms with E-state index in [1.54, 1.807) is 4.90 Å². The number of amides is 1. The highest BCUT2D eigenvalue weighted by molar-refractivity contribution is 5.68. The molecule has 0 aliphatic carbocycles. The molecule has 0 saturated carbocycles. The molecular weight excluding hydrogens is 206 g/mol. The number of aliphatic hydroxyl groups is 1. The maximum Gasteiger partial charge on any atom is 0.410 e. The van der Waals surface area contributed by atoms with Crippen LogP contribution < -0.4 is 0 Å². The molecule has 1 amide bonds. The zero-order valence-electron chi connectivity index (χ0n) is 10.7. The molecule has 4 nitrogen and oxygen atoms in total. The second-order valence-corrected chi connectivity index (χ2v) is 5.54. The van der Waals surface area contributed by atoms with Gasteiger partial charge >= 0.3 is 6.09 Å². The van der Waals surface area contributed by atoms with Crippen LogP contribution >= 0.6 is 0 Å². The predicted molar refractivity (Wildman–Crippen MR) is 62.3 cm³/mol. The van der Waals surface area contributed by atoms with Gasteiger partial charge in [0.05, 0.1) is 6.10 Å². The molecule has 1 saturated heterocycles. The first-order chi connectivity index (χ1) is 7.29. The van der Waals surface area contributed by atoms with Gasteiger partial charge in [0, 0.05) is 12.6 Å². The van der Waals surface area contributed by atoms with E-state index < -0.39 is 5.60 Å². The number of carbonyl (C=O) groups is 1. The molecule has 0 radical (unpaired) electrons. The Hall–Kier alpha value is -0.770. The van der Waals surface area contributed by atoms with Crippen molar-refractivity contribution in [2.24, 2.45) is 0 Å². The third-order valence-electron chi connectivity index (χ3n) is 2.78. The van der Waals surface area contributed by atoms with E-state index in [2.05, 4.69) is 0 Å². The Bertz CT molecular complexity index is 247. The number of likely N-dealkylation sites (tertiary alicyclic amines) is 1. The van der Waals surface area contributed by atoms with Crippen molar-refractivity contribution in [3.8, 4) is 0 Å². The minimum atomic E-state index is -0.457. The van der Waals surface area contributed by atoms with Crippen LogP contribution in [0, 0.1) is 0 Å². The molecule has 1 N–H and O–H groups in total. The number of hydrogen-bond donors (Lipinski definition) is 1. The Labute approximate surface area is 97.6 Å². The van der Waals surface area contributed by atoms with Crippen LogP contribution in [-0.2, 0) is 4.74 Å². The molecule has 1 rings (SSSR count). The summed E-state index contributed by atoms with van der Waals surface area (Å²) in [4.78, 5) is 13.6. The van der Waals surface area contributed by atoms with Crippen molar-refractivity contribution in [2.75, 3.05) is 6.54 Å². The van der Waals surface area contributed by atoms with Crippen LogP contribution in [0.5, 0.6) is 0 Å². The summed E-state index contributed by atoms with van der Waals surface area (Å²) < 4.78 is 5.34. The molecule has 1 aliphatic rings. The van der Waals surface area contributed by atoms with Gasteiger partial charge in [0.15, 0.2) is 0 Å². The van der Waals surface area contributed by atoms with Gasteiger partial charge in [0.25, 0.3) is 0 Å². The van der Waals surface area contributed by atoms with Crippen molar-refractivity contribution < 1.29 is 14.6 Å². The van der Waals surface area contributed by atoms with Gasteiger partial charge < -0.3 is 14.7 Å². The van der Waals surface area contributed by atoms with E-state index in [0.29, 0.717) is 13.0 Å². The second kappa shape index (κ2) is 5.04. The molecule has 0 aromatic carbocycles. The highest BCUT2D eigenvalue weighted by Gasteiger charge is 2.28. The molecule has 4 heteroatoms. The van der Waals surface area contributed by atoms with Crippen molar-refractivity contribution in [1.29, 1.82) is 0 Å². The monoisotopic (exact) mass is 229 g/mol. The van der Waals surface area contributed by atoms with Crippen LogP contribution in [0.2, 0.25) is 0 Å². The molecule has 0 spiro atoms.